The number of hydrogen-bond donors (Lipinski definition) is 1. The molecule has 106 valence electrons. The van der Waals surface area contributed by atoms with Crippen molar-refractivity contribution in [1.29, 1.82) is 0 Å². The Hall–Kier alpha value is -2.30. The summed E-state index contributed by atoms with van der Waals surface area (Å²) in [4.78, 5) is 15.9. The topological polar surface area (TPSA) is 56.1 Å². The van der Waals surface area contributed by atoms with E-state index in [9.17, 15) is 4.79 Å². The van der Waals surface area contributed by atoms with E-state index in [0.717, 1.165) is 12.2 Å². The Balaban J connectivity index is 1.78. The lowest BCUT2D eigenvalue weighted by atomic mass is 10.1. The fourth-order valence-electron chi connectivity index (χ4n) is 1.90. The Morgan fingerprint density at radius 3 is 2.75 bits per heavy atom. The quantitative estimate of drug-likeness (QED) is 0.873. The molecule has 20 heavy (non-hydrogen) atoms. The fourth-order valence-corrected chi connectivity index (χ4v) is 1.90. The minimum absolute atomic E-state index is 0.00323. The molecule has 5 heteroatoms. The van der Waals surface area contributed by atoms with Gasteiger partial charge in [-0.15, -0.1) is 0 Å². The summed E-state index contributed by atoms with van der Waals surface area (Å²) in [7, 11) is 1.65. The predicted octanol–water partition coefficient (Wildman–Crippen LogP) is 1.81. The van der Waals surface area contributed by atoms with Crippen molar-refractivity contribution in [3.05, 3.63) is 48.5 Å². The van der Waals surface area contributed by atoms with Crippen LogP contribution in [0.25, 0.3) is 0 Å². The Labute approximate surface area is 118 Å². The van der Waals surface area contributed by atoms with Gasteiger partial charge < -0.3 is 14.6 Å². The van der Waals surface area contributed by atoms with Crippen LogP contribution >= 0.6 is 0 Å². The molecule has 0 saturated heterocycles. The first-order chi connectivity index (χ1) is 9.70. The standard InChI is InChI=1S/C15H19N3O2/c1-12(18-10-9-16-11-18)15(19)17-8-7-13-3-5-14(20-2)6-4-13/h3-6,9-12H,7-8H2,1-2H3,(H,17,19). The van der Waals surface area contributed by atoms with Gasteiger partial charge in [0.2, 0.25) is 5.91 Å². The third-order valence-electron chi connectivity index (χ3n) is 3.22. The summed E-state index contributed by atoms with van der Waals surface area (Å²) >= 11 is 0. The molecule has 2 aromatic rings. The monoisotopic (exact) mass is 273 g/mol. The molecule has 1 unspecified atom stereocenters. The van der Waals surface area contributed by atoms with Crippen molar-refractivity contribution in [1.82, 2.24) is 14.9 Å². The number of carbonyl (C=O) groups excluding carboxylic acids is 1. The number of hydrogen-bond acceptors (Lipinski definition) is 3. The van der Waals surface area contributed by atoms with Crippen LogP contribution in [-0.2, 0) is 11.2 Å². The minimum atomic E-state index is -0.242. The lowest BCUT2D eigenvalue weighted by Crippen LogP contribution is -2.32. The van der Waals surface area contributed by atoms with Crippen molar-refractivity contribution in [3.63, 3.8) is 0 Å². The lowest BCUT2D eigenvalue weighted by Gasteiger charge is -2.13. The maximum atomic E-state index is 12.0. The highest BCUT2D eigenvalue weighted by Gasteiger charge is 2.13. The Morgan fingerprint density at radius 1 is 1.40 bits per heavy atom. The molecular weight excluding hydrogens is 254 g/mol. The van der Waals surface area contributed by atoms with Crippen LogP contribution in [0, 0.1) is 0 Å². The van der Waals surface area contributed by atoms with Crippen LogP contribution in [0.2, 0.25) is 0 Å². The first-order valence-electron chi connectivity index (χ1n) is 6.59. The number of amides is 1. The third kappa shape index (κ3) is 3.60. The van der Waals surface area contributed by atoms with Gasteiger partial charge in [0.05, 0.1) is 13.4 Å². The van der Waals surface area contributed by atoms with E-state index in [-0.39, 0.29) is 11.9 Å². The smallest absolute Gasteiger partial charge is 0.242 e. The van der Waals surface area contributed by atoms with Gasteiger partial charge in [0.25, 0.3) is 0 Å². The molecule has 1 aromatic carbocycles. The zero-order chi connectivity index (χ0) is 14.4. The van der Waals surface area contributed by atoms with E-state index in [1.54, 1.807) is 30.4 Å². The van der Waals surface area contributed by atoms with Gasteiger partial charge in [-0.2, -0.15) is 0 Å². The number of ether oxygens (including phenoxy) is 1. The maximum absolute atomic E-state index is 12.0. The number of imidazole rings is 1. The lowest BCUT2D eigenvalue weighted by molar-refractivity contribution is -0.123. The number of nitrogens with one attached hydrogen (secondary N) is 1. The molecule has 0 spiro atoms. The molecule has 2 rings (SSSR count). The van der Waals surface area contributed by atoms with Crippen LogP contribution in [0.3, 0.4) is 0 Å². The van der Waals surface area contributed by atoms with Gasteiger partial charge >= 0.3 is 0 Å². The first-order valence-corrected chi connectivity index (χ1v) is 6.59. The summed E-state index contributed by atoms with van der Waals surface area (Å²) in [6.07, 6.45) is 5.90. The van der Waals surface area contributed by atoms with E-state index in [4.69, 9.17) is 4.74 Å². The highest BCUT2D eigenvalue weighted by molar-refractivity contribution is 5.79. The number of benzene rings is 1. The van der Waals surface area contributed by atoms with E-state index >= 15 is 0 Å². The SMILES string of the molecule is COc1ccc(CCNC(=O)C(C)n2ccnc2)cc1. The van der Waals surface area contributed by atoms with Crippen molar-refractivity contribution in [3.8, 4) is 5.75 Å². The number of rotatable bonds is 6. The summed E-state index contributed by atoms with van der Waals surface area (Å²) in [5.41, 5.74) is 1.17. The van der Waals surface area contributed by atoms with Crippen LogP contribution in [0.1, 0.15) is 18.5 Å². The van der Waals surface area contributed by atoms with Crippen molar-refractivity contribution < 1.29 is 9.53 Å². The van der Waals surface area contributed by atoms with Crippen molar-refractivity contribution in [2.45, 2.75) is 19.4 Å². The molecule has 1 heterocycles. The predicted molar refractivity (Wildman–Crippen MR) is 76.6 cm³/mol. The molecule has 1 N–H and O–H groups in total. The number of aromatic nitrogens is 2. The van der Waals surface area contributed by atoms with E-state index in [1.807, 2.05) is 31.2 Å². The second-order valence-corrected chi connectivity index (χ2v) is 4.57. The Kier molecular flexibility index (Phi) is 4.76. The number of carbonyl (C=O) groups is 1. The van der Waals surface area contributed by atoms with Crippen LogP contribution < -0.4 is 10.1 Å². The highest BCUT2D eigenvalue weighted by atomic mass is 16.5. The molecule has 1 atom stereocenters. The maximum Gasteiger partial charge on any atom is 0.242 e. The zero-order valence-electron chi connectivity index (χ0n) is 11.7. The summed E-state index contributed by atoms with van der Waals surface area (Å²) in [5, 5.41) is 2.93. The molecular formula is C15H19N3O2. The molecule has 0 aliphatic heterocycles. The molecule has 5 nitrogen and oxygen atoms in total. The summed E-state index contributed by atoms with van der Waals surface area (Å²) in [6.45, 7) is 2.47. The van der Waals surface area contributed by atoms with Crippen LogP contribution in [0.15, 0.2) is 43.0 Å². The zero-order valence-corrected chi connectivity index (χ0v) is 11.7. The third-order valence-corrected chi connectivity index (χ3v) is 3.22. The largest absolute Gasteiger partial charge is 0.497 e. The van der Waals surface area contributed by atoms with Gasteiger partial charge in [-0.1, -0.05) is 12.1 Å². The summed E-state index contributed by atoms with van der Waals surface area (Å²) in [5.74, 6) is 0.836. The fraction of sp³-hybridized carbons (Fsp3) is 0.333. The molecule has 0 saturated carbocycles. The van der Waals surface area contributed by atoms with Crippen molar-refractivity contribution in [2.75, 3.05) is 13.7 Å². The van der Waals surface area contributed by atoms with Gasteiger partial charge in [0.1, 0.15) is 11.8 Å². The number of nitrogens with zero attached hydrogens (tertiary/aromatic N) is 2. The highest BCUT2D eigenvalue weighted by Crippen LogP contribution is 2.11. The summed E-state index contributed by atoms with van der Waals surface area (Å²) in [6, 6.07) is 7.61. The van der Waals surface area contributed by atoms with Crippen molar-refractivity contribution >= 4 is 5.91 Å². The second kappa shape index (κ2) is 6.75. The molecule has 0 radical (unpaired) electrons. The van der Waals surface area contributed by atoms with Gasteiger partial charge in [-0.3, -0.25) is 4.79 Å². The average molecular weight is 273 g/mol. The van der Waals surface area contributed by atoms with Gasteiger partial charge in [-0.05, 0) is 31.0 Å². The molecule has 1 amide bonds. The molecule has 0 bridgehead atoms. The van der Waals surface area contributed by atoms with E-state index in [2.05, 4.69) is 10.3 Å². The Morgan fingerprint density at radius 2 is 2.15 bits per heavy atom. The normalized spacial score (nSPS) is 11.9. The second-order valence-electron chi connectivity index (χ2n) is 4.57. The van der Waals surface area contributed by atoms with E-state index in [1.165, 1.54) is 5.56 Å². The molecule has 0 fully saturated rings. The Bertz CT molecular complexity index is 535. The van der Waals surface area contributed by atoms with E-state index in [0.29, 0.717) is 6.54 Å². The van der Waals surface area contributed by atoms with Crippen LogP contribution in [0.5, 0.6) is 5.75 Å². The van der Waals surface area contributed by atoms with Crippen LogP contribution in [0.4, 0.5) is 0 Å². The first kappa shape index (κ1) is 14.1. The van der Waals surface area contributed by atoms with Gasteiger partial charge in [0, 0.05) is 18.9 Å². The van der Waals surface area contributed by atoms with Crippen LogP contribution in [-0.4, -0.2) is 29.1 Å². The molecule has 0 aliphatic rings. The summed E-state index contributed by atoms with van der Waals surface area (Å²) < 4.78 is 6.89. The van der Waals surface area contributed by atoms with E-state index < -0.39 is 0 Å². The minimum Gasteiger partial charge on any atom is -0.497 e. The van der Waals surface area contributed by atoms with Gasteiger partial charge in [-0.25, -0.2) is 4.98 Å². The average Bonchev–Trinajstić information content (AvgIpc) is 3.01. The molecule has 0 aliphatic carbocycles. The van der Waals surface area contributed by atoms with Gasteiger partial charge in [0.15, 0.2) is 0 Å². The number of methoxy groups -OCH3 is 1. The van der Waals surface area contributed by atoms with Crippen molar-refractivity contribution in [2.24, 2.45) is 0 Å². The molecule has 1 aromatic heterocycles.